The molecular weight excluding hydrogens is 270 g/mol. The van der Waals surface area contributed by atoms with Gasteiger partial charge in [0.15, 0.2) is 0 Å². The highest BCUT2D eigenvalue weighted by atomic mass is 32.1. The van der Waals surface area contributed by atoms with Crippen molar-refractivity contribution in [3.05, 3.63) is 34.9 Å². The monoisotopic (exact) mass is 291 g/mol. The minimum absolute atomic E-state index is 0.0237. The minimum Gasteiger partial charge on any atom is -0.305 e. The van der Waals surface area contributed by atoms with E-state index in [0.29, 0.717) is 0 Å². The highest BCUT2D eigenvalue weighted by Crippen LogP contribution is 2.33. The van der Waals surface area contributed by atoms with Crippen molar-refractivity contribution in [3.63, 3.8) is 0 Å². The average Bonchev–Trinajstić information content (AvgIpc) is 2.90. The molecule has 0 aliphatic carbocycles. The SMILES string of the molecule is CCCNC(c1cncnc1)c1snnc1C(C)(C)C. The first-order valence-electron chi connectivity index (χ1n) is 6.85. The Labute approximate surface area is 124 Å². The van der Waals surface area contributed by atoms with Gasteiger partial charge in [-0.05, 0) is 24.5 Å². The van der Waals surface area contributed by atoms with E-state index >= 15 is 0 Å². The molecule has 0 saturated heterocycles. The van der Waals surface area contributed by atoms with Crippen LogP contribution in [0, 0.1) is 0 Å². The number of aromatic nitrogens is 4. The normalized spacial score (nSPS) is 13.4. The van der Waals surface area contributed by atoms with E-state index in [4.69, 9.17) is 0 Å². The summed E-state index contributed by atoms with van der Waals surface area (Å²) in [7, 11) is 0. The molecule has 0 aromatic carbocycles. The van der Waals surface area contributed by atoms with Gasteiger partial charge in [-0.15, -0.1) is 5.10 Å². The van der Waals surface area contributed by atoms with E-state index in [-0.39, 0.29) is 11.5 Å². The highest BCUT2D eigenvalue weighted by molar-refractivity contribution is 7.05. The van der Waals surface area contributed by atoms with Gasteiger partial charge in [-0.2, -0.15) is 0 Å². The molecule has 1 N–H and O–H groups in total. The predicted molar refractivity (Wildman–Crippen MR) is 80.8 cm³/mol. The summed E-state index contributed by atoms with van der Waals surface area (Å²) in [6, 6.07) is 0.0605. The van der Waals surface area contributed by atoms with Crippen molar-refractivity contribution in [2.24, 2.45) is 0 Å². The number of rotatable bonds is 5. The molecular formula is C14H21N5S. The van der Waals surface area contributed by atoms with Crippen molar-refractivity contribution in [1.29, 1.82) is 0 Å². The van der Waals surface area contributed by atoms with Crippen LogP contribution in [0.3, 0.4) is 0 Å². The summed E-state index contributed by atoms with van der Waals surface area (Å²) >= 11 is 1.45. The summed E-state index contributed by atoms with van der Waals surface area (Å²) in [6.07, 6.45) is 6.33. The van der Waals surface area contributed by atoms with Crippen LogP contribution in [-0.2, 0) is 5.41 Å². The Bertz CT molecular complexity index is 532. The largest absolute Gasteiger partial charge is 0.305 e. The van der Waals surface area contributed by atoms with Gasteiger partial charge in [-0.1, -0.05) is 32.2 Å². The minimum atomic E-state index is -0.0237. The van der Waals surface area contributed by atoms with Crippen molar-refractivity contribution in [1.82, 2.24) is 24.9 Å². The zero-order chi connectivity index (χ0) is 14.6. The molecule has 0 spiro atoms. The summed E-state index contributed by atoms with van der Waals surface area (Å²) in [4.78, 5) is 9.41. The van der Waals surface area contributed by atoms with E-state index < -0.39 is 0 Å². The van der Waals surface area contributed by atoms with Crippen molar-refractivity contribution < 1.29 is 0 Å². The smallest absolute Gasteiger partial charge is 0.115 e. The van der Waals surface area contributed by atoms with Gasteiger partial charge in [0.05, 0.1) is 16.6 Å². The first kappa shape index (κ1) is 15.0. The second-order valence-corrected chi connectivity index (χ2v) is 6.58. The lowest BCUT2D eigenvalue weighted by Gasteiger charge is -2.22. The summed E-state index contributed by atoms with van der Waals surface area (Å²) in [5.74, 6) is 0. The molecule has 0 amide bonds. The van der Waals surface area contributed by atoms with Gasteiger partial charge in [-0.25, -0.2) is 9.97 Å². The molecule has 2 aromatic rings. The third kappa shape index (κ3) is 3.37. The maximum absolute atomic E-state index is 4.33. The van der Waals surface area contributed by atoms with Crippen LogP contribution in [0.25, 0.3) is 0 Å². The van der Waals surface area contributed by atoms with Crippen LogP contribution < -0.4 is 5.32 Å². The molecule has 5 nitrogen and oxygen atoms in total. The van der Waals surface area contributed by atoms with Crippen molar-refractivity contribution in [2.75, 3.05) is 6.54 Å². The number of nitrogens with zero attached hydrogens (tertiary/aromatic N) is 4. The Morgan fingerprint density at radius 1 is 1.25 bits per heavy atom. The van der Waals surface area contributed by atoms with Gasteiger partial charge >= 0.3 is 0 Å². The Balaban J connectivity index is 2.40. The maximum atomic E-state index is 4.33. The molecule has 2 heterocycles. The lowest BCUT2D eigenvalue weighted by Crippen LogP contribution is -2.26. The van der Waals surface area contributed by atoms with Gasteiger partial charge in [-0.3, -0.25) is 0 Å². The molecule has 0 fully saturated rings. The third-order valence-electron chi connectivity index (χ3n) is 3.00. The first-order chi connectivity index (χ1) is 9.54. The Morgan fingerprint density at radius 3 is 2.55 bits per heavy atom. The molecule has 2 rings (SSSR count). The van der Waals surface area contributed by atoms with Crippen LogP contribution in [0.4, 0.5) is 0 Å². The molecule has 2 aromatic heterocycles. The third-order valence-corrected chi connectivity index (χ3v) is 3.79. The Kier molecular flexibility index (Phi) is 4.77. The average molecular weight is 291 g/mol. The van der Waals surface area contributed by atoms with E-state index in [1.807, 2.05) is 12.4 Å². The van der Waals surface area contributed by atoms with Crippen LogP contribution in [0.15, 0.2) is 18.7 Å². The number of hydrogen-bond donors (Lipinski definition) is 1. The predicted octanol–water partition coefficient (Wildman–Crippen LogP) is 2.71. The fraction of sp³-hybridized carbons (Fsp3) is 0.571. The van der Waals surface area contributed by atoms with Crippen molar-refractivity contribution >= 4 is 11.5 Å². The second-order valence-electron chi connectivity index (χ2n) is 5.79. The zero-order valence-corrected chi connectivity index (χ0v) is 13.2. The van der Waals surface area contributed by atoms with E-state index in [2.05, 4.69) is 52.6 Å². The molecule has 20 heavy (non-hydrogen) atoms. The molecule has 0 bridgehead atoms. The molecule has 108 valence electrons. The number of nitrogens with one attached hydrogen (secondary N) is 1. The fourth-order valence-corrected chi connectivity index (χ4v) is 2.99. The summed E-state index contributed by atoms with van der Waals surface area (Å²) in [5, 5.41) is 7.88. The number of hydrogen-bond acceptors (Lipinski definition) is 6. The van der Waals surface area contributed by atoms with E-state index in [0.717, 1.165) is 29.1 Å². The van der Waals surface area contributed by atoms with Crippen LogP contribution >= 0.6 is 11.5 Å². The summed E-state index contributed by atoms with van der Waals surface area (Å²) in [5.41, 5.74) is 2.07. The van der Waals surface area contributed by atoms with Crippen molar-refractivity contribution in [2.45, 2.75) is 45.6 Å². The molecule has 1 atom stereocenters. The molecule has 1 unspecified atom stereocenters. The van der Waals surface area contributed by atoms with Crippen LogP contribution in [-0.4, -0.2) is 26.1 Å². The maximum Gasteiger partial charge on any atom is 0.115 e. The van der Waals surface area contributed by atoms with E-state index in [1.54, 1.807) is 6.33 Å². The molecule has 6 heteroatoms. The van der Waals surface area contributed by atoms with Gasteiger partial charge in [0.2, 0.25) is 0 Å². The molecule has 0 aliphatic heterocycles. The fourth-order valence-electron chi connectivity index (χ4n) is 2.02. The Hall–Kier alpha value is -1.40. The lowest BCUT2D eigenvalue weighted by molar-refractivity contribution is 0.537. The van der Waals surface area contributed by atoms with Gasteiger partial charge in [0, 0.05) is 23.4 Å². The first-order valence-corrected chi connectivity index (χ1v) is 7.62. The molecule has 0 aliphatic rings. The van der Waals surface area contributed by atoms with Crippen LogP contribution in [0.5, 0.6) is 0 Å². The van der Waals surface area contributed by atoms with Gasteiger partial charge in [0.1, 0.15) is 6.33 Å². The summed E-state index contributed by atoms with van der Waals surface area (Å²) < 4.78 is 4.15. The quantitative estimate of drug-likeness (QED) is 0.917. The molecule has 0 radical (unpaired) electrons. The van der Waals surface area contributed by atoms with Crippen LogP contribution in [0.2, 0.25) is 0 Å². The van der Waals surface area contributed by atoms with Gasteiger partial charge < -0.3 is 5.32 Å². The topological polar surface area (TPSA) is 63.6 Å². The highest BCUT2D eigenvalue weighted by Gasteiger charge is 2.28. The summed E-state index contributed by atoms with van der Waals surface area (Å²) in [6.45, 7) is 9.56. The lowest BCUT2D eigenvalue weighted by atomic mass is 9.89. The van der Waals surface area contributed by atoms with E-state index in [9.17, 15) is 0 Å². The zero-order valence-electron chi connectivity index (χ0n) is 12.4. The van der Waals surface area contributed by atoms with E-state index in [1.165, 1.54) is 11.5 Å². The Morgan fingerprint density at radius 2 is 1.95 bits per heavy atom. The second kappa shape index (κ2) is 6.37. The molecule has 0 saturated carbocycles. The van der Waals surface area contributed by atoms with Crippen molar-refractivity contribution in [3.8, 4) is 0 Å². The van der Waals surface area contributed by atoms with Gasteiger partial charge in [0.25, 0.3) is 0 Å². The van der Waals surface area contributed by atoms with Crippen LogP contribution in [0.1, 0.15) is 56.3 Å². The standard InChI is InChI=1S/C14H21N5S/c1-5-6-17-11(10-7-15-9-16-8-10)12-13(14(2,3)4)18-19-20-12/h7-9,11,17H,5-6H2,1-4H3.